The van der Waals surface area contributed by atoms with Gasteiger partial charge in [0.15, 0.2) is 0 Å². The van der Waals surface area contributed by atoms with Crippen LogP contribution in [0.4, 0.5) is 34.1 Å². The predicted octanol–water partition coefficient (Wildman–Crippen LogP) is 8.43. The number of anilines is 6. The van der Waals surface area contributed by atoms with Crippen molar-refractivity contribution in [3.8, 4) is 0 Å². The lowest BCUT2D eigenvalue weighted by Crippen LogP contribution is -2.41. The Hall–Kier alpha value is -5.22. The van der Waals surface area contributed by atoms with Crippen LogP contribution in [0.1, 0.15) is 22.3 Å². The molecule has 0 unspecified atom stereocenters. The summed E-state index contributed by atoms with van der Waals surface area (Å²) in [6, 6.07) is 43.5. The Morgan fingerprint density at radius 3 is 1.03 bits per heavy atom. The van der Waals surface area contributed by atoms with Crippen LogP contribution in [0.15, 0.2) is 146 Å². The van der Waals surface area contributed by atoms with E-state index in [0.29, 0.717) is 0 Å². The van der Waals surface area contributed by atoms with Gasteiger partial charge in [0.1, 0.15) is 0 Å². The number of aromatic nitrogens is 2. The van der Waals surface area contributed by atoms with E-state index < -0.39 is 5.41 Å². The minimum atomic E-state index is -0.516. The van der Waals surface area contributed by atoms with Gasteiger partial charge in [-0.15, -0.1) is 0 Å². The number of pyridine rings is 2. The van der Waals surface area contributed by atoms with E-state index in [1.54, 1.807) is 0 Å². The third-order valence-electron chi connectivity index (χ3n) is 8.00. The summed E-state index contributed by atoms with van der Waals surface area (Å²) in [5.41, 5.74) is 11.2. The summed E-state index contributed by atoms with van der Waals surface area (Å²) in [6.45, 7) is 0. The molecule has 2 aliphatic heterocycles. The first-order valence-corrected chi connectivity index (χ1v) is 13.2. The first kappa shape index (κ1) is 21.8. The average Bonchev–Trinajstić information content (AvgIpc) is 3.02. The molecular weight excluding hydrogens is 476 g/mol. The Morgan fingerprint density at radius 2 is 0.718 bits per heavy atom. The Balaban J connectivity index is 1.53. The molecule has 0 saturated heterocycles. The maximum Gasteiger partial charge on any atom is 0.0782 e. The van der Waals surface area contributed by atoms with Crippen molar-refractivity contribution in [2.45, 2.75) is 5.41 Å². The molecular formula is C35H24N4. The van der Waals surface area contributed by atoms with E-state index >= 15 is 0 Å². The minimum absolute atomic E-state index is 0.516. The summed E-state index contributed by atoms with van der Waals surface area (Å²) in [5.74, 6) is 0. The number of para-hydroxylation sites is 4. The Labute approximate surface area is 227 Å². The highest BCUT2D eigenvalue weighted by Crippen LogP contribution is 2.63. The molecule has 0 saturated carbocycles. The summed E-state index contributed by atoms with van der Waals surface area (Å²) in [7, 11) is 0. The molecule has 0 N–H and O–H groups in total. The maximum absolute atomic E-state index is 4.47. The molecule has 8 rings (SSSR count). The molecule has 6 aromatic rings. The third-order valence-corrected chi connectivity index (χ3v) is 8.00. The lowest BCUT2D eigenvalue weighted by atomic mass is 9.60. The van der Waals surface area contributed by atoms with E-state index in [-0.39, 0.29) is 0 Å². The van der Waals surface area contributed by atoms with Gasteiger partial charge < -0.3 is 9.80 Å². The van der Waals surface area contributed by atoms with Gasteiger partial charge in [0.05, 0.1) is 51.9 Å². The molecule has 0 radical (unpaired) electrons. The third kappa shape index (κ3) is 2.94. The molecule has 0 bridgehead atoms. The van der Waals surface area contributed by atoms with Crippen LogP contribution >= 0.6 is 0 Å². The monoisotopic (exact) mass is 500 g/mol. The molecule has 0 atom stereocenters. The van der Waals surface area contributed by atoms with Crippen LogP contribution in [-0.4, -0.2) is 9.97 Å². The van der Waals surface area contributed by atoms with Gasteiger partial charge in [-0.05, 0) is 70.8 Å². The highest BCUT2D eigenvalue weighted by atomic mass is 15.2. The molecule has 0 fully saturated rings. The van der Waals surface area contributed by atoms with Gasteiger partial charge in [-0.25, -0.2) is 0 Å². The van der Waals surface area contributed by atoms with Gasteiger partial charge in [0, 0.05) is 12.4 Å². The van der Waals surface area contributed by atoms with Gasteiger partial charge >= 0.3 is 0 Å². The van der Waals surface area contributed by atoms with Gasteiger partial charge in [0.25, 0.3) is 0 Å². The van der Waals surface area contributed by atoms with Crippen LogP contribution in [0.2, 0.25) is 0 Å². The summed E-state index contributed by atoms with van der Waals surface area (Å²) in [6.07, 6.45) is 7.54. The number of rotatable bonds is 2. The zero-order valence-corrected chi connectivity index (χ0v) is 21.1. The molecule has 2 aromatic heterocycles. The van der Waals surface area contributed by atoms with Crippen LogP contribution in [0.25, 0.3) is 0 Å². The highest BCUT2D eigenvalue weighted by Gasteiger charge is 2.51. The lowest BCUT2D eigenvalue weighted by Gasteiger charge is -2.51. The summed E-state index contributed by atoms with van der Waals surface area (Å²) in [4.78, 5) is 13.6. The van der Waals surface area contributed by atoms with E-state index in [9.17, 15) is 0 Å². The van der Waals surface area contributed by atoms with Crippen LogP contribution in [0, 0.1) is 0 Å². The highest BCUT2D eigenvalue weighted by molar-refractivity contribution is 5.96. The molecule has 4 heterocycles. The lowest BCUT2D eigenvalue weighted by molar-refractivity contribution is 0.718. The fourth-order valence-corrected chi connectivity index (χ4v) is 6.60. The zero-order valence-electron chi connectivity index (χ0n) is 21.1. The first-order valence-electron chi connectivity index (χ1n) is 13.2. The van der Waals surface area contributed by atoms with E-state index in [1.807, 2.05) is 36.9 Å². The Kier molecular flexibility index (Phi) is 4.70. The van der Waals surface area contributed by atoms with E-state index in [2.05, 4.69) is 129 Å². The fourth-order valence-electron chi connectivity index (χ4n) is 6.60. The van der Waals surface area contributed by atoms with Gasteiger partial charge in [-0.2, -0.15) is 0 Å². The summed E-state index contributed by atoms with van der Waals surface area (Å²) < 4.78 is 0. The quantitative estimate of drug-likeness (QED) is 0.238. The SMILES string of the molecule is c1cncc(N2c3ccccc3C3(c4ccccc42)c2ccccc2N(c2cccnc2)c2ccccc23)c1. The fraction of sp³-hybridized carbons (Fsp3) is 0.0286. The smallest absolute Gasteiger partial charge is 0.0782 e. The number of benzene rings is 4. The second-order valence-corrected chi connectivity index (χ2v) is 9.91. The topological polar surface area (TPSA) is 32.3 Å². The van der Waals surface area contributed by atoms with Crippen molar-refractivity contribution < 1.29 is 0 Å². The largest absolute Gasteiger partial charge is 0.308 e. The second-order valence-electron chi connectivity index (χ2n) is 9.91. The second kappa shape index (κ2) is 8.40. The number of nitrogens with zero attached hydrogens (tertiary/aromatic N) is 4. The molecule has 4 heteroatoms. The van der Waals surface area contributed by atoms with Crippen molar-refractivity contribution >= 4 is 34.1 Å². The zero-order chi connectivity index (χ0) is 25.8. The number of fused-ring (bicyclic) bond motifs is 8. The van der Waals surface area contributed by atoms with Crippen molar-refractivity contribution in [1.29, 1.82) is 0 Å². The van der Waals surface area contributed by atoms with Crippen molar-refractivity contribution in [3.63, 3.8) is 0 Å². The van der Waals surface area contributed by atoms with Crippen LogP contribution in [0.5, 0.6) is 0 Å². The van der Waals surface area contributed by atoms with Gasteiger partial charge in [0.2, 0.25) is 0 Å². The average molecular weight is 501 g/mol. The van der Waals surface area contributed by atoms with Crippen LogP contribution < -0.4 is 9.80 Å². The molecule has 4 nitrogen and oxygen atoms in total. The van der Waals surface area contributed by atoms with Gasteiger partial charge in [-0.3, -0.25) is 9.97 Å². The maximum atomic E-state index is 4.47. The summed E-state index contributed by atoms with van der Waals surface area (Å²) in [5, 5.41) is 0. The van der Waals surface area contributed by atoms with Crippen LogP contribution in [-0.2, 0) is 5.41 Å². The van der Waals surface area contributed by atoms with Crippen molar-refractivity contribution in [2.24, 2.45) is 0 Å². The van der Waals surface area contributed by atoms with E-state index in [0.717, 1.165) is 34.1 Å². The molecule has 1 spiro atoms. The first-order chi connectivity index (χ1) is 19.4. The molecule has 2 aliphatic rings. The van der Waals surface area contributed by atoms with E-state index in [4.69, 9.17) is 0 Å². The van der Waals surface area contributed by atoms with Crippen molar-refractivity contribution in [1.82, 2.24) is 9.97 Å². The van der Waals surface area contributed by atoms with Gasteiger partial charge in [-0.1, -0.05) is 72.8 Å². The Bertz CT molecular complexity index is 1600. The van der Waals surface area contributed by atoms with E-state index in [1.165, 1.54) is 22.3 Å². The summed E-state index contributed by atoms with van der Waals surface area (Å²) >= 11 is 0. The molecule has 184 valence electrons. The normalized spacial score (nSPS) is 14.3. The number of hydrogen-bond acceptors (Lipinski definition) is 4. The molecule has 0 aliphatic carbocycles. The predicted molar refractivity (Wildman–Crippen MR) is 157 cm³/mol. The molecule has 0 amide bonds. The Morgan fingerprint density at radius 1 is 0.385 bits per heavy atom. The standard InChI is InChI=1S/C35H24N4/c1-5-17-31-27(13-1)35(28-14-2-6-18-32(28)38(31)25-11-9-21-36-23-25)29-15-3-7-19-33(29)39(26-12-10-22-37-24-26)34-20-8-4-16-30(34)35/h1-24H. The molecule has 4 aromatic carbocycles. The van der Waals surface area contributed by atoms with Crippen LogP contribution in [0.3, 0.4) is 0 Å². The number of hydrogen-bond donors (Lipinski definition) is 0. The van der Waals surface area contributed by atoms with Crippen molar-refractivity contribution in [2.75, 3.05) is 9.80 Å². The minimum Gasteiger partial charge on any atom is -0.308 e. The van der Waals surface area contributed by atoms with Crippen molar-refractivity contribution in [3.05, 3.63) is 168 Å². The molecule has 39 heavy (non-hydrogen) atoms.